The van der Waals surface area contributed by atoms with Gasteiger partial charge in [-0.15, -0.1) is 17.5 Å². The monoisotopic (exact) mass is 583 g/mol. The van der Waals surface area contributed by atoms with Crippen LogP contribution < -0.4 is 0 Å². The Morgan fingerprint density at radius 3 is 2.30 bits per heavy atom. The summed E-state index contributed by atoms with van der Waals surface area (Å²) < 4.78 is 70.3. The number of halogens is 5. The molecule has 4 rings (SSSR count). The second-order valence-electron chi connectivity index (χ2n) is 9.73. The van der Waals surface area contributed by atoms with Crippen LogP contribution in [-0.2, 0) is 17.1 Å². The number of ketones is 1. The lowest BCUT2D eigenvalue weighted by molar-refractivity contribution is -0.103. The number of carbonyl (C=O) groups is 1. The minimum atomic E-state index is -3.82. The molecule has 0 radical (unpaired) electrons. The van der Waals surface area contributed by atoms with Gasteiger partial charge in [-0.2, -0.15) is 4.31 Å². The summed E-state index contributed by atoms with van der Waals surface area (Å²) in [6, 6.07) is 3.58. The quantitative estimate of drug-likeness (QED) is 0.454. The number of benzene rings is 1. The van der Waals surface area contributed by atoms with E-state index in [9.17, 15) is 26.4 Å². The highest BCUT2D eigenvalue weighted by Gasteiger charge is 2.50. The fraction of sp³-hybridized carbons (Fsp3) is 0.609. The Balaban J connectivity index is 0.00000380. The number of aryl methyl sites for hydroxylation is 1. The van der Waals surface area contributed by atoms with Crippen molar-refractivity contribution in [3.63, 3.8) is 0 Å². The van der Waals surface area contributed by atoms with E-state index in [1.165, 1.54) is 21.3 Å². The SMILES string of the molecule is CC(CC(=O)c1ccc(F)cc1Cl)C1(N2CCN(S(=O)(=O)c3cn(C)nn3)CC2)CCC(F)(F)CC1.Cl. The van der Waals surface area contributed by atoms with Gasteiger partial charge in [0, 0.05) is 63.6 Å². The molecule has 1 atom stereocenters. The summed E-state index contributed by atoms with van der Waals surface area (Å²) in [4.78, 5) is 15.1. The predicted molar refractivity (Wildman–Crippen MR) is 134 cm³/mol. The van der Waals surface area contributed by atoms with Crippen molar-refractivity contribution in [3.05, 3.63) is 40.8 Å². The van der Waals surface area contributed by atoms with E-state index in [2.05, 4.69) is 15.2 Å². The largest absolute Gasteiger partial charge is 0.295 e. The summed E-state index contributed by atoms with van der Waals surface area (Å²) in [7, 11) is -2.25. The summed E-state index contributed by atoms with van der Waals surface area (Å²) in [5.74, 6) is -3.92. The molecule has 37 heavy (non-hydrogen) atoms. The number of Topliss-reactive ketones (excluding diaryl/α,β-unsaturated/α-hetero) is 1. The summed E-state index contributed by atoms with van der Waals surface area (Å²) >= 11 is 6.08. The van der Waals surface area contributed by atoms with E-state index >= 15 is 0 Å². The molecule has 0 amide bonds. The molecular formula is C23H30Cl2F3N5O3S. The molecule has 1 unspecified atom stereocenters. The Morgan fingerprint density at radius 1 is 1.14 bits per heavy atom. The van der Waals surface area contributed by atoms with E-state index in [1.54, 1.807) is 7.05 Å². The number of alkyl halides is 2. The second kappa shape index (κ2) is 11.2. The van der Waals surface area contributed by atoms with Gasteiger partial charge in [0.1, 0.15) is 5.82 Å². The van der Waals surface area contributed by atoms with E-state index in [-0.39, 0.29) is 84.9 Å². The molecule has 1 saturated heterocycles. The Morgan fingerprint density at radius 2 is 1.76 bits per heavy atom. The van der Waals surface area contributed by atoms with Crippen LogP contribution in [0.3, 0.4) is 0 Å². The predicted octanol–water partition coefficient (Wildman–Crippen LogP) is 4.19. The lowest BCUT2D eigenvalue weighted by Crippen LogP contribution is -2.62. The van der Waals surface area contributed by atoms with Crippen LogP contribution in [0.1, 0.15) is 49.4 Å². The Labute approximate surface area is 225 Å². The third-order valence-corrected chi connectivity index (χ3v) is 9.62. The molecular weight excluding hydrogens is 554 g/mol. The minimum Gasteiger partial charge on any atom is -0.295 e. The lowest BCUT2D eigenvalue weighted by Gasteiger charge is -2.53. The molecule has 2 fully saturated rings. The first kappa shape index (κ1) is 29.8. The van der Waals surface area contributed by atoms with Crippen LogP contribution in [0.25, 0.3) is 0 Å². The smallest absolute Gasteiger partial charge is 0.264 e. The molecule has 206 valence electrons. The maximum absolute atomic E-state index is 14.2. The maximum atomic E-state index is 14.2. The van der Waals surface area contributed by atoms with Crippen molar-refractivity contribution in [2.75, 3.05) is 26.2 Å². The summed E-state index contributed by atoms with van der Waals surface area (Å²) in [5.41, 5.74) is -0.507. The molecule has 8 nitrogen and oxygen atoms in total. The van der Waals surface area contributed by atoms with Crippen LogP contribution in [0.2, 0.25) is 5.02 Å². The molecule has 1 aromatic heterocycles. The normalized spacial score (nSPS) is 21.2. The van der Waals surface area contributed by atoms with Gasteiger partial charge in [0.25, 0.3) is 10.0 Å². The molecule has 1 saturated carbocycles. The Bertz CT molecular complexity index is 1230. The molecule has 2 heterocycles. The van der Waals surface area contributed by atoms with E-state index in [4.69, 9.17) is 11.6 Å². The number of hydrogen-bond acceptors (Lipinski definition) is 6. The van der Waals surface area contributed by atoms with Crippen molar-refractivity contribution < 1.29 is 26.4 Å². The highest BCUT2D eigenvalue weighted by atomic mass is 35.5. The van der Waals surface area contributed by atoms with Gasteiger partial charge in [-0.05, 0) is 37.0 Å². The highest BCUT2D eigenvalue weighted by Crippen LogP contribution is 2.47. The molecule has 1 aromatic carbocycles. The first-order valence-corrected chi connectivity index (χ1v) is 13.6. The molecule has 0 spiro atoms. The van der Waals surface area contributed by atoms with Crippen LogP contribution in [0.5, 0.6) is 0 Å². The fourth-order valence-corrected chi connectivity index (χ4v) is 7.02. The minimum absolute atomic E-state index is 0. The first-order valence-electron chi connectivity index (χ1n) is 11.8. The van der Waals surface area contributed by atoms with Gasteiger partial charge in [-0.3, -0.25) is 14.4 Å². The van der Waals surface area contributed by atoms with Crippen molar-refractivity contribution in [1.82, 2.24) is 24.2 Å². The summed E-state index contributed by atoms with van der Waals surface area (Å²) in [5, 5.41) is 7.29. The van der Waals surface area contributed by atoms with Crippen LogP contribution in [-0.4, -0.2) is 76.0 Å². The number of nitrogens with zero attached hydrogens (tertiary/aromatic N) is 5. The van der Waals surface area contributed by atoms with E-state index in [1.807, 2.05) is 6.92 Å². The molecule has 1 aliphatic heterocycles. The second-order valence-corrected chi connectivity index (χ2v) is 12.0. The van der Waals surface area contributed by atoms with Gasteiger partial charge in [0.15, 0.2) is 5.78 Å². The number of carbonyl (C=O) groups excluding carboxylic acids is 1. The third kappa shape index (κ3) is 6.13. The van der Waals surface area contributed by atoms with Crippen molar-refractivity contribution >= 4 is 39.8 Å². The Kier molecular flexibility index (Phi) is 9.00. The summed E-state index contributed by atoms with van der Waals surface area (Å²) in [6.45, 7) is 2.87. The third-order valence-electron chi connectivity index (χ3n) is 7.54. The first-order chi connectivity index (χ1) is 16.8. The van der Waals surface area contributed by atoms with Gasteiger partial charge < -0.3 is 0 Å². The lowest BCUT2D eigenvalue weighted by atomic mass is 9.69. The molecule has 2 aromatic rings. The number of piperazine rings is 1. The number of aromatic nitrogens is 3. The van der Waals surface area contributed by atoms with Crippen molar-refractivity contribution in [1.29, 1.82) is 0 Å². The maximum Gasteiger partial charge on any atom is 0.264 e. The van der Waals surface area contributed by atoms with E-state index in [0.29, 0.717) is 13.1 Å². The number of hydrogen-bond donors (Lipinski definition) is 0. The zero-order chi connectivity index (χ0) is 26.3. The van der Waals surface area contributed by atoms with Gasteiger partial charge in [0.2, 0.25) is 10.9 Å². The van der Waals surface area contributed by atoms with Crippen molar-refractivity contribution in [2.24, 2.45) is 13.0 Å². The van der Waals surface area contributed by atoms with Crippen molar-refractivity contribution in [3.8, 4) is 0 Å². The van der Waals surface area contributed by atoms with Gasteiger partial charge in [-0.1, -0.05) is 23.7 Å². The standard InChI is InChI=1S/C23H29ClF3N5O3S.ClH/c1-16(13-20(33)18-4-3-17(25)14-19(18)24)22(5-7-23(26,27)8-6-22)31-9-11-32(12-10-31)36(34,35)21-15-30(2)29-28-21;/h3-4,14-16H,5-13H2,1-2H3;1H. The van der Waals surface area contributed by atoms with Crippen LogP contribution in [0.4, 0.5) is 13.2 Å². The molecule has 14 heteroatoms. The number of rotatable bonds is 7. The van der Waals surface area contributed by atoms with E-state index < -0.39 is 27.3 Å². The average Bonchev–Trinajstić information content (AvgIpc) is 3.26. The highest BCUT2D eigenvalue weighted by molar-refractivity contribution is 7.89. The van der Waals surface area contributed by atoms with Crippen LogP contribution >= 0.6 is 24.0 Å². The van der Waals surface area contributed by atoms with Gasteiger partial charge in [-0.25, -0.2) is 21.6 Å². The Hall–Kier alpha value is -1.73. The van der Waals surface area contributed by atoms with Crippen LogP contribution in [0.15, 0.2) is 29.4 Å². The zero-order valence-corrected chi connectivity index (χ0v) is 22.9. The molecule has 2 aliphatic rings. The molecule has 0 bridgehead atoms. The molecule has 0 N–H and O–H groups in total. The van der Waals surface area contributed by atoms with Crippen LogP contribution in [0, 0.1) is 11.7 Å². The van der Waals surface area contributed by atoms with Gasteiger partial charge >= 0.3 is 0 Å². The number of sulfonamides is 1. The average molecular weight is 584 g/mol. The van der Waals surface area contributed by atoms with Crippen molar-refractivity contribution in [2.45, 2.75) is 55.5 Å². The molecule has 1 aliphatic carbocycles. The fourth-order valence-electron chi connectivity index (χ4n) is 5.41. The zero-order valence-electron chi connectivity index (χ0n) is 20.5. The van der Waals surface area contributed by atoms with E-state index in [0.717, 1.165) is 12.1 Å². The topological polar surface area (TPSA) is 88.4 Å². The summed E-state index contributed by atoms with van der Waals surface area (Å²) in [6.07, 6.45) is 1.14. The van der Waals surface area contributed by atoms with Gasteiger partial charge in [0.05, 0.1) is 11.2 Å².